The number of carbonyl (C=O) groups excluding carboxylic acids is 1. The van der Waals surface area contributed by atoms with E-state index in [1.165, 1.54) is 11.3 Å². The van der Waals surface area contributed by atoms with Crippen LogP contribution in [-0.4, -0.2) is 28.0 Å². The fourth-order valence-electron chi connectivity index (χ4n) is 5.00. The van der Waals surface area contributed by atoms with Crippen LogP contribution in [0, 0.1) is 0 Å². The quantitative estimate of drug-likeness (QED) is 0.282. The lowest BCUT2D eigenvalue weighted by Gasteiger charge is -2.27. The number of ether oxygens (including phenoxy) is 1. The first-order chi connectivity index (χ1) is 19.0. The number of fused-ring (bicyclic) bond motifs is 1. The lowest BCUT2D eigenvalue weighted by Crippen LogP contribution is -2.40. The molecule has 0 unspecified atom stereocenters. The average Bonchev–Trinajstić information content (AvgIpc) is 3.16. The van der Waals surface area contributed by atoms with E-state index in [2.05, 4.69) is 41.5 Å². The van der Waals surface area contributed by atoms with Crippen molar-refractivity contribution in [3.8, 4) is 5.75 Å². The van der Waals surface area contributed by atoms with Gasteiger partial charge in [-0.2, -0.15) is 0 Å². The van der Waals surface area contributed by atoms with Crippen LogP contribution in [0.4, 0.5) is 0 Å². The van der Waals surface area contributed by atoms with Gasteiger partial charge in [0.25, 0.3) is 5.56 Å². The van der Waals surface area contributed by atoms with Crippen LogP contribution in [0.15, 0.2) is 62.4 Å². The van der Waals surface area contributed by atoms with Gasteiger partial charge in [0.15, 0.2) is 4.80 Å². The monoisotopic (exact) mass is 592 g/mol. The zero-order valence-corrected chi connectivity index (χ0v) is 27.2. The minimum Gasteiger partial charge on any atom is -0.507 e. The number of allylic oxidation sites excluding steroid dienone is 1. The lowest BCUT2D eigenvalue weighted by molar-refractivity contribution is -0.143. The van der Waals surface area contributed by atoms with Gasteiger partial charge in [-0.1, -0.05) is 65.0 Å². The number of hydrogen-bond donors (Lipinski definition) is 1. The number of esters is 1. The summed E-state index contributed by atoms with van der Waals surface area (Å²) in [6, 6.07) is 11.2. The molecule has 1 aliphatic heterocycles. The number of rotatable bonds is 5. The zero-order chi connectivity index (χ0) is 30.4. The van der Waals surface area contributed by atoms with Gasteiger partial charge in [-0.3, -0.25) is 9.36 Å². The molecule has 0 amide bonds. The van der Waals surface area contributed by atoms with Crippen LogP contribution < -0.4 is 14.9 Å². The van der Waals surface area contributed by atoms with Crippen molar-refractivity contribution in [2.75, 3.05) is 6.26 Å². The summed E-state index contributed by atoms with van der Waals surface area (Å²) in [6.07, 6.45) is 3.57. The van der Waals surface area contributed by atoms with Gasteiger partial charge in [0.2, 0.25) is 0 Å². The molecular weight excluding hydrogens is 553 g/mol. The minimum absolute atomic E-state index is 0.224. The fourth-order valence-corrected chi connectivity index (χ4v) is 6.45. The molecule has 0 saturated carbocycles. The predicted octanol–water partition coefficient (Wildman–Crippen LogP) is 6.21. The molecule has 2 heterocycles. The number of phenolic OH excluding ortho intramolecular Hbond substituents is 1. The first-order valence-corrected chi connectivity index (χ1v) is 15.8. The van der Waals surface area contributed by atoms with Crippen molar-refractivity contribution in [2.45, 2.75) is 90.2 Å². The van der Waals surface area contributed by atoms with Gasteiger partial charge in [0.05, 0.1) is 27.9 Å². The Morgan fingerprint density at radius 3 is 2.12 bits per heavy atom. The molecule has 0 saturated heterocycles. The molecule has 1 atom stereocenters. The largest absolute Gasteiger partial charge is 0.507 e. The van der Waals surface area contributed by atoms with E-state index in [-0.39, 0.29) is 22.5 Å². The molecule has 0 bridgehead atoms. The highest BCUT2D eigenvalue weighted by Gasteiger charge is 2.34. The van der Waals surface area contributed by atoms with Gasteiger partial charge < -0.3 is 9.84 Å². The van der Waals surface area contributed by atoms with E-state index in [4.69, 9.17) is 9.73 Å². The topological polar surface area (TPSA) is 80.9 Å². The summed E-state index contributed by atoms with van der Waals surface area (Å²) in [5.41, 5.74) is 3.38. The molecule has 218 valence electrons. The number of nitrogens with zero attached hydrogens (tertiary/aromatic N) is 2. The standard InChI is InChI=1S/C33H40N2O4S2/c1-18(2)39-30(38)26-19(3)34-31-35(27(26)21-11-13-22(40-10)14-12-21)29(37)25(41-31)17-20-15-23(32(4,5)6)28(36)24(16-20)33(7,8)9/h11-18,27,36H,1-10H3/b25-17+/t27-/m1/s1. The number of aromatic nitrogens is 1. The summed E-state index contributed by atoms with van der Waals surface area (Å²) >= 11 is 2.93. The molecule has 6 nitrogen and oxygen atoms in total. The molecular formula is C33H40N2O4S2. The third-order valence-corrected chi connectivity index (χ3v) is 8.79. The van der Waals surface area contributed by atoms with Crippen LogP contribution in [0.3, 0.4) is 0 Å². The summed E-state index contributed by atoms with van der Waals surface area (Å²) in [5.74, 6) is -0.182. The molecule has 1 aromatic heterocycles. The molecule has 0 spiro atoms. The van der Waals surface area contributed by atoms with Crippen molar-refractivity contribution in [2.24, 2.45) is 4.99 Å². The molecule has 1 N–H and O–H groups in total. The average molecular weight is 593 g/mol. The van der Waals surface area contributed by atoms with Crippen LogP contribution in [0.2, 0.25) is 0 Å². The van der Waals surface area contributed by atoms with E-state index >= 15 is 0 Å². The van der Waals surface area contributed by atoms with Crippen LogP contribution >= 0.6 is 23.1 Å². The smallest absolute Gasteiger partial charge is 0.338 e. The Kier molecular flexibility index (Phi) is 8.50. The summed E-state index contributed by atoms with van der Waals surface area (Å²) in [4.78, 5) is 33.8. The van der Waals surface area contributed by atoms with Crippen molar-refractivity contribution in [3.63, 3.8) is 0 Å². The molecule has 0 aliphatic carbocycles. The number of phenols is 1. The summed E-state index contributed by atoms with van der Waals surface area (Å²) in [7, 11) is 0. The van der Waals surface area contributed by atoms with Gasteiger partial charge >= 0.3 is 5.97 Å². The van der Waals surface area contributed by atoms with E-state index in [0.29, 0.717) is 26.4 Å². The van der Waals surface area contributed by atoms with Crippen molar-refractivity contribution < 1.29 is 14.6 Å². The number of aromatic hydroxyl groups is 1. The first-order valence-electron chi connectivity index (χ1n) is 13.8. The van der Waals surface area contributed by atoms with Crippen LogP contribution in [0.25, 0.3) is 6.08 Å². The zero-order valence-electron chi connectivity index (χ0n) is 25.6. The normalized spacial score (nSPS) is 16.2. The van der Waals surface area contributed by atoms with Crippen LogP contribution in [-0.2, 0) is 20.4 Å². The van der Waals surface area contributed by atoms with Gasteiger partial charge in [0.1, 0.15) is 5.75 Å². The van der Waals surface area contributed by atoms with Gasteiger partial charge in [-0.05, 0) is 79.3 Å². The molecule has 41 heavy (non-hydrogen) atoms. The van der Waals surface area contributed by atoms with E-state index in [0.717, 1.165) is 27.1 Å². The van der Waals surface area contributed by atoms with Crippen molar-refractivity contribution in [3.05, 3.63) is 89.6 Å². The number of thioether (sulfide) groups is 1. The first kappa shape index (κ1) is 30.8. The Hall–Kier alpha value is -3.10. The SMILES string of the molecule is CSc1ccc([C@@H]2C(C(=O)OC(C)C)=C(C)N=c3s/c(=C/c4cc(C(C)(C)C)c(O)c(C(C)(C)C)c4)c(=O)n32)cc1. The molecule has 1 aliphatic rings. The van der Waals surface area contributed by atoms with E-state index < -0.39 is 12.0 Å². The van der Waals surface area contributed by atoms with Crippen LogP contribution in [0.5, 0.6) is 5.75 Å². The number of thiazole rings is 1. The third kappa shape index (κ3) is 6.24. The molecule has 3 aromatic rings. The lowest BCUT2D eigenvalue weighted by atomic mass is 9.78. The molecule has 8 heteroatoms. The third-order valence-electron chi connectivity index (χ3n) is 7.06. The maximum atomic E-state index is 14.1. The van der Waals surface area contributed by atoms with Crippen molar-refractivity contribution in [1.29, 1.82) is 0 Å². The summed E-state index contributed by atoms with van der Waals surface area (Å²) < 4.78 is 7.73. The predicted molar refractivity (Wildman–Crippen MR) is 169 cm³/mol. The molecule has 4 rings (SSSR count). The van der Waals surface area contributed by atoms with E-state index in [9.17, 15) is 14.7 Å². The maximum Gasteiger partial charge on any atom is 0.338 e. The van der Waals surface area contributed by atoms with E-state index in [1.54, 1.807) is 37.1 Å². The van der Waals surface area contributed by atoms with Gasteiger partial charge in [-0.25, -0.2) is 9.79 Å². The number of hydrogen-bond acceptors (Lipinski definition) is 7. The Labute approximate surface area is 250 Å². The van der Waals surface area contributed by atoms with Crippen molar-refractivity contribution in [1.82, 2.24) is 4.57 Å². The van der Waals surface area contributed by atoms with Crippen LogP contribution in [0.1, 0.15) is 90.6 Å². The Morgan fingerprint density at radius 2 is 1.63 bits per heavy atom. The molecule has 2 aromatic carbocycles. The molecule has 0 radical (unpaired) electrons. The second-order valence-corrected chi connectivity index (χ2v) is 14.7. The fraction of sp³-hybridized carbons (Fsp3) is 0.424. The maximum absolute atomic E-state index is 14.1. The summed E-state index contributed by atoms with van der Waals surface area (Å²) in [5, 5.41) is 11.2. The van der Waals surface area contributed by atoms with Gasteiger partial charge in [-0.15, -0.1) is 11.8 Å². The minimum atomic E-state index is -0.661. The Balaban J connectivity index is 1.98. The highest BCUT2D eigenvalue weighted by atomic mass is 32.2. The van der Waals surface area contributed by atoms with E-state index in [1.807, 2.05) is 48.7 Å². The highest BCUT2D eigenvalue weighted by Crippen LogP contribution is 2.40. The number of carbonyl (C=O) groups is 1. The summed E-state index contributed by atoms with van der Waals surface area (Å²) in [6.45, 7) is 17.8. The highest BCUT2D eigenvalue weighted by molar-refractivity contribution is 7.98. The number of benzene rings is 2. The Bertz CT molecular complexity index is 1660. The second kappa shape index (κ2) is 11.3. The van der Waals surface area contributed by atoms with Crippen molar-refractivity contribution >= 4 is 35.1 Å². The molecule has 0 fully saturated rings. The Morgan fingerprint density at radius 1 is 1.07 bits per heavy atom. The van der Waals surface area contributed by atoms with Gasteiger partial charge in [0, 0.05) is 16.0 Å². The second-order valence-electron chi connectivity index (χ2n) is 12.8.